The highest BCUT2D eigenvalue weighted by molar-refractivity contribution is 5.76. The fourth-order valence-corrected chi connectivity index (χ4v) is 8.89. The van der Waals surface area contributed by atoms with Crippen molar-refractivity contribution in [1.29, 1.82) is 0 Å². The molecule has 4 aliphatic heterocycles. The van der Waals surface area contributed by atoms with E-state index in [1.807, 2.05) is 106 Å². The molecular weight excluding hydrogens is 1380 g/mol. The third-order valence-corrected chi connectivity index (χ3v) is 14.5. The molecule has 7 rings (SSSR count). The van der Waals surface area contributed by atoms with Crippen LogP contribution in [0.5, 0.6) is 5.75 Å². The number of nitrogens with one attached hydrogen (secondary N) is 10. The number of para-hydroxylation sites is 1. The first-order valence-corrected chi connectivity index (χ1v) is 36.2. The predicted molar refractivity (Wildman–Crippen MR) is 401 cm³/mol. The maximum absolute atomic E-state index is 10.7. The number of ether oxygens (including phenoxy) is 3. The molecule has 33 heteroatoms. The van der Waals surface area contributed by atoms with Gasteiger partial charge in [0.15, 0.2) is 0 Å². The maximum atomic E-state index is 10.7. The van der Waals surface area contributed by atoms with Crippen molar-refractivity contribution in [2.75, 3.05) is 125 Å². The lowest BCUT2D eigenvalue weighted by Gasteiger charge is -2.22. The number of carbonyl (C=O) groups is 10. The monoisotopic (exact) mass is 1510 g/mol. The van der Waals surface area contributed by atoms with Crippen molar-refractivity contribution in [2.24, 2.45) is 0 Å². The highest BCUT2D eigenvalue weighted by Crippen LogP contribution is 2.16. The van der Waals surface area contributed by atoms with Gasteiger partial charge in [0.1, 0.15) is 36.5 Å². The second kappa shape index (κ2) is 72.3. The van der Waals surface area contributed by atoms with Crippen LogP contribution in [0.2, 0.25) is 0 Å². The number of rotatable bonds is 40. The number of hydrogen-bond acceptors (Lipinski definition) is 23. The summed E-state index contributed by atoms with van der Waals surface area (Å²) in [7, 11) is 0. The molecule has 106 heavy (non-hydrogen) atoms. The normalized spacial score (nSPS) is 16.0. The Morgan fingerprint density at radius 3 is 1.25 bits per heavy atom. The minimum Gasteiger partial charge on any atom is -0.492 e. The van der Waals surface area contributed by atoms with Crippen LogP contribution in [0, 0.1) is 0 Å². The summed E-state index contributed by atoms with van der Waals surface area (Å²) >= 11 is 0. The number of hydrogen-bond donors (Lipinski definition) is 20. The fourth-order valence-electron chi connectivity index (χ4n) is 8.89. The molecule has 3 aromatic carbocycles. The van der Waals surface area contributed by atoms with Crippen LogP contribution in [0.15, 0.2) is 84.9 Å². The van der Waals surface area contributed by atoms with E-state index >= 15 is 0 Å². The van der Waals surface area contributed by atoms with Crippen LogP contribution < -0.4 is 57.9 Å². The molecule has 0 amide bonds. The Hall–Kier alpha value is -8.32. The van der Waals surface area contributed by atoms with Crippen LogP contribution in [0.1, 0.15) is 135 Å². The lowest BCUT2D eigenvalue weighted by molar-refractivity contribution is -0.142. The summed E-state index contributed by atoms with van der Waals surface area (Å²) in [6, 6.07) is 26.0. The van der Waals surface area contributed by atoms with Gasteiger partial charge in [-0.2, -0.15) is 0 Å². The second-order valence-electron chi connectivity index (χ2n) is 23.6. The third kappa shape index (κ3) is 68.8. The molecule has 3 saturated heterocycles. The summed E-state index contributed by atoms with van der Waals surface area (Å²) in [6.07, 6.45) is 15.0. The number of unbranched alkanes of at least 4 members (excludes halogenated alkanes) is 5. The molecular formula is C73H124N10O23. The van der Waals surface area contributed by atoms with E-state index in [1.54, 1.807) is 0 Å². The first-order chi connectivity index (χ1) is 50.8. The average Bonchev–Trinajstić information content (AvgIpc) is 1.85. The summed E-state index contributed by atoms with van der Waals surface area (Å²) in [5, 5.41) is 112. The molecule has 2 unspecified atom stereocenters. The van der Waals surface area contributed by atoms with E-state index in [-0.39, 0.29) is 57.5 Å². The Bertz CT molecular complexity index is 2710. The van der Waals surface area contributed by atoms with Gasteiger partial charge in [0, 0.05) is 45.8 Å². The molecule has 5 atom stereocenters. The van der Waals surface area contributed by atoms with Gasteiger partial charge in [0.2, 0.25) is 0 Å². The van der Waals surface area contributed by atoms with E-state index < -0.39 is 71.8 Å². The molecule has 0 radical (unpaired) electrons. The molecule has 4 heterocycles. The molecule has 0 saturated carbocycles. The van der Waals surface area contributed by atoms with Gasteiger partial charge in [-0.25, -0.2) is 0 Å². The molecule has 0 spiro atoms. The smallest absolute Gasteiger partial charge is 0.321 e. The summed E-state index contributed by atoms with van der Waals surface area (Å²) in [6.45, 7) is 20.0. The Kier molecular flexibility index (Phi) is 69.4. The quantitative estimate of drug-likeness (QED) is 0.0360. The number of carboxylic acids is 10. The highest BCUT2D eigenvalue weighted by atomic mass is 16.5. The number of aliphatic carboxylic acids is 10. The summed E-state index contributed by atoms with van der Waals surface area (Å²) in [4.78, 5) is 101. The number of carboxylic acid groups (broad SMARTS) is 10. The lowest BCUT2D eigenvalue weighted by atomic mass is 9.96. The van der Waals surface area contributed by atoms with Gasteiger partial charge in [-0.05, 0) is 133 Å². The van der Waals surface area contributed by atoms with Crippen molar-refractivity contribution in [2.45, 2.75) is 168 Å². The molecule has 0 bridgehead atoms. The Morgan fingerprint density at radius 2 is 0.840 bits per heavy atom. The first kappa shape index (κ1) is 102. The predicted octanol–water partition coefficient (Wildman–Crippen LogP) is 3.77. The molecule has 0 aromatic heterocycles. The number of benzene rings is 3. The topological polar surface area (TPSA) is 521 Å². The molecule has 20 N–H and O–H groups in total. The van der Waals surface area contributed by atoms with Gasteiger partial charge in [0.05, 0.1) is 52.0 Å². The molecule has 33 nitrogen and oxygen atoms in total. The fraction of sp³-hybridized carbons (Fsp3) is 0.616. The van der Waals surface area contributed by atoms with Gasteiger partial charge < -0.3 is 118 Å². The third-order valence-electron chi connectivity index (χ3n) is 14.5. The van der Waals surface area contributed by atoms with Crippen molar-refractivity contribution < 1.29 is 113 Å². The Morgan fingerprint density at radius 1 is 0.406 bits per heavy atom. The SMILES string of the molecule is CCCCCCNCC(=O)O.CCCCCNCC(=O)O.CCCNCC(=O)O.CCOC1CNC(C(=O)O)C1.CCOCCNCC(=O)O.O=C(O)CNCCOc1ccccc1.O=C(O)CNCCc1ccccc1.O=C(O)[C@@H]1CCCCN1.O=C(O)[C@@H]1CCN1.O=C(O)[C@@H]1Cc2ccccc2CN1. The van der Waals surface area contributed by atoms with Crippen molar-refractivity contribution in [3.05, 3.63) is 102 Å². The molecule has 4 aliphatic rings. The zero-order valence-electron chi connectivity index (χ0n) is 62.5. The Labute approximate surface area is 623 Å². The standard InChI is InChI=1S/C10H13NO3.C10H11NO2.C10H13NO2.C8H17NO2.C7H13NO3.C7H15NO2.C6H13NO3.C6H11NO2.C5H11NO2.C4H7NO2/c12-10(13)8-11-6-7-14-9-4-2-1-3-5-9;12-10(13)9-5-7-3-1-2-4-8(7)6-11-9;12-10(13)8-11-7-6-9-4-2-1-3-5-9;1-2-3-4-5-6-9-7-8(10)11;1-2-11-5-3-6(7(9)10)8-4-5;1-2-3-4-5-8-6-7(9)10;1-2-10-4-3-7-5-6(8)9;8-6(9)5-3-1-2-4-7-5;1-2-3-6-4-5(7)8;6-4(7)3-1-2-5-3/h1-5,11H,6-8H2,(H,12,13);1-4,9,11H,5-6H2,(H,12,13);1-5,11H,6-8H2,(H,12,13);9H,2-7H2,1H3,(H,10,11);5-6,8H,2-4H2,1H3,(H,9,10);8H,2-6H2,1H3,(H,9,10);7H,2-5H2,1H3,(H,8,9);5,7H,1-4H2,(H,8,9);6H,2-4H2,1H3,(H,7,8);3,5H,1-2H2,(H,6,7)/t;9-;;;;;;5-;;3-/m.0.....0.0/s1. The minimum atomic E-state index is -0.857. The van der Waals surface area contributed by atoms with Crippen LogP contribution in [0.3, 0.4) is 0 Å². The van der Waals surface area contributed by atoms with E-state index in [0.29, 0.717) is 72.0 Å². The van der Waals surface area contributed by atoms with Crippen molar-refractivity contribution >= 4 is 59.7 Å². The van der Waals surface area contributed by atoms with Crippen LogP contribution in [0.25, 0.3) is 0 Å². The van der Waals surface area contributed by atoms with E-state index in [1.165, 1.54) is 43.2 Å². The van der Waals surface area contributed by atoms with E-state index in [9.17, 15) is 47.9 Å². The van der Waals surface area contributed by atoms with Crippen molar-refractivity contribution in [3.63, 3.8) is 0 Å². The largest absolute Gasteiger partial charge is 0.492 e. The van der Waals surface area contributed by atoms with Gasteiger partial charge in [0.25, 0.3) is 0 Å². The Balaban J connectivity index is -0.00000112. The lowest BCUT2D eigenvalue weighted by Crippen LogP contribution is -2.48. The summed E-state index contributed by atoms with van der Waals surface area (Å²) in [5.41, 5.74) is 3.58. The zero-order chi connectivity index (χ0) is 79.8. The minimum absolute atomic E-state index is 0.00702. The van der Waals surface area contributed by atoms with E-state index in [2.05, 4.69) is 67.0 Å². The van der Waals surface area contributed by atoms with Crippen molar-refractivity contribution in [1.82, 2.24) is 53.2 Å². The van der Waals surface area contributed by atoms with Crippen LogP contribution in [0.4, 0.5) is 0 Å². The second-order valence-corrected chi connectivity index (χ2v) is 23.6. The molecule has 604 valence electrons. The van der Waals surface area contributed by atoms with Gasteiger partial charge in [-0.15, -0.1) is 0 Å². The molecule has 3 fully saturated rings. The van der Waals surface area contributed by atoms with E-state index in [4.69, 9.17) is 65.3 Å². The first-order valence-electron chi connectivity index (χ1n) is 36.2. The zero-order valence-corrected chi connectivity index (χ0v) is 62.5. The van der Waals surface area contributed by atoms with Gasteiger partial charge in [-0.1, -0.05) is 132 Å². The van der Waals surface area contributed by atoms with E-state index in [0.717, 1.165) is 95.4 Å². The van der Waals surface area contributed by atoms with Crippen LogP contribution >= 0.6 is 0 Å². The molecule has 3 aromatic rings. The summed E-state index contributed by atoms with van der Waals surface area (Å²) < 4.78 is 15.5. The van der Waals surface area contributed by atoms with Crippen molar-refractivity contribution in [3.8, 4) is 5.75 Å². The van der Waals surface area contributed by atoms with Gasteiger partial charge >= 0.3 is 59.7 Å². The highest BCUT2D eigenvalue weighted by Gasteiger charge is 2.29. The maximum Gasteiger partial charge on any atom is 0.321 e. The number of piperidine rings is 1. The average molecular weight is 1510 g/mol. The van der Waals surface area contributed by atoms with Crippen LogP contribution in [-0.2, 0) is 76.8 Å². The summed E-state index contributed by atoms with van der Waals surface area (Å²) in [5.74, 6) is -7.06. The number of fused-ring (bicyclic) bond motifs is 1. The molecule has 0 aliphatic carbocycles. The van der Waals surface area contributed by atoms with Gasteiger partial charge in [-0.3, -0.25) is 47.9 Å². The van der Waals surface area contributed by atoms with Crippen LogP contribution in [-0.4, -0.2) is 266 Å².